The molecule has 0 saturated carbocycles. The fourth-order valence-corrected chi connectivity index (χ4v) is 2.87. The SMILES string of the molecule is NCC1CCCCN1C(=O)CCNC(=O)Cc1ccccc1. The molecule has 5 heteroatoms. The number of likely N-dealkylation sites (tertiary alicyclic amines) is 1. The first-order valence-corrected chi connectivity index (χ1v) is 8.01. The summed E-state index contributed by atoms with van der Waals surface area (Å²) in [5, 5.41) is 2.82. The molecule has 1 fully saturated rings. The fraction of sp³-hybridized carbons (Fsp3) is 0.529. The number of hydrogen-bond donors (Lipinski definition) is 2. The number of benzene rings is 1. The molecular weight excluding hydrogens is 278 g/mol. The van der Waals surface area contributed by atoms with Gasteiger partial charge in [-0.2, -0.15) is 0 Å². The highest BCUT2D eigenvalue weighted by atomic mass is 16.2. The maximum absolute atomic E-state index is 12.2. The Morgan fingerprint density at radius 1 is 1.23 bits per heavy atom. The predicted octanol–water partition coefficient (Wildman–Crippen LogP) is 1.08. The first-order valence-electron chi connectivity index (χ1n) is 8.01. The minimum absolute atomic E-state index is 0.0481. The van der Waals surface area contributed by atoms with Crippen molar-refractivity contribution in [1.82, 2.24) is 10.2 Å². The minimum Gasteiger partial charge on any atom is -0.355 e. The molecule has 1 aromatic carbocycles. The molecule has 0 aromatic heterocycles. The van der Waals surface area contributed by atoms with E-state index in [4.69, 9.17) is 5.73 Å². The van der Waals surface area contributed by atoms with E-state index >= 15 is 0 Å². The van der Waals surface area contributed by atoms with Crippen molar-refractivity contribution in [3.05, 3.63) is 35.9 Å². The second-order valence-electron chi connectivity index (χ2n) is 5.73. The number of nitrogens with two attached hydrogens (primary N) is 1. The van der Waals surface area contributed by atoms with E-state index in [1.54, 1.807) is 0 Å². The van der Waals surface area contributed by atoms with Crippen LogP contribution in [0.15, 0.2) is 30.3 Å². The van der Waals surface area contributed by atoms with Gasteiger partial charge in [0.15, 0.2) is 0 Å². The van der Waals surface area contributed by atoms with E-state index < -0.39 is 0 Å². The van der Waals surface area contributed by atoms with E-state index in [0.717, 1.165) is 31.4 Å². The predicted molar refractivity (Wildman–Crippen MR) is 86.2 cm³/mol. The van der Waals surface area contributed by atoms with Crippen molar-refractivity contribution in [3.63, 3.8) is 0 Å². The zero-order valence-corrected chi connectivity index (χ0v) is 13.0. The van der Waals surface area contributed by atoms with Gasteiger partial charge in [0.1, 0.15) is 0 Å². The number of rotatable bonds is 6. The van der Waals surface area contributed by atoms with Gasteiger partial charge < -0.3 is 16.0 Å². The Kier molecular flexibility index (Phi) is 6.40. The molecule has 1 saturated heterocycles. The van der Waals surface area contributed by atoms with Gasteiger partial charge in [0.2, 0.25) is 11.8 Å². The Morgan fingerprint density at radius 2 is 2.00 bits per heavy atom. The molecule has 22 heavy (non-hydrogen) atoms. The maximum Gasteiger partial charge on any atom is 0.224 e. The highest BCUT2D eigenvalue weighted by Crippen LogP contribution is 2.16. The summed E-state index contributed by atoms with van der Waals surface area (Å²) in [4.78, 5) is 25.9. The largest absolute Gasteiger partial charge is 0.355 e. The van der Waals surface area contributed by atoms with Gasteiger partial charge >= 0.3 is 0 Å². The standard InChI is InChI=1S/C17H25N3O2/c18-13-15-8-4-5-11-20(15)17(22)9-10-19-16(21)12-14-6-2-1-3-7-14/h1-3,6-7,15H,4-5,8-13,18H2,(H,19,21). The van der Waals surface area contributed by atoms with Gasteiger partial charge in [-0.15, -0.1) is 0 Å². The minimum atomic E-state index is -0.0481. The maximum atomic E-state index is 12.2. The average molecular weight is 303 g/mol. The number of nitrogens with zero attached hydrogens (tertiary/aromatic N) is 1. The molecule has 0 spiro atoms. The van der Waals surface area contributed by atoms with Gasteiger partial charge in [-0.1, -0.05) is 30.3 Å². The highest BCUT2D eigenvalue weighted by molar-refractivity contribution is 5.80. The van der Waals surface area contributed by atoms with Crippen LogP contribution in [0.4, 0.5) is 0 Å². The molecule has 1 aliphatic rings. The van der Waals surface area contributed by atoms with Crippen molar-refractivity contribution >= 4 is 11.8 Å². The van der Waals surface area contributed by atoms with Crippen molar-refractivity contribution in [2.45, 2.75) is 38.1 Å². The van der Waals surface area contributed by atoms with Crippen molar-refractivity contribution < 1.29 is 9.59 Å². The molecule has 1 unspecified atom stereocenters. The molecule has 3 N–H and O–H groups in total. The summed E-state index contributed by atoms with van der Waals surface area (Å²) < 4.78 is 0. The van der Waals surface area contributed by atoms with E-state index in [9.17, 15) is 9.59 Å². The molecule has 120 valence electrons. The lowest BCUT2D eigenvalue weighted by molar-refractivity contribution is -0.134. The summed E-state index contributed by atoms with van der Waals surface area (Å²) in [5.41, 5.74) is 6.71. The Morgan fingerprint density at radius 3 is 2.73 bits per heavy atom. The average Bonchev–Trinajstić information content (AvgIpc) is 2.55. The van der Waals surface area contributed by atoms with Crippen LogP contribution >= 0.6 is 0 Å². The molecular formula is C17H25N3O2. The van der Waals surface area contributed by atoms with Crippen molar-refractivity contribution in [2.75, 3.05) is 19.6 Å². The van der Waals surface area contributed by atoms with Crippen LogP contribution in [0.5, 0.6) is 0 Å². The van der Waals surface area contributed by atoms with E-state index in [1.165, 1.54) is 0 Å². The Hall–Kier alpha value is -1.88. The quantitative estimate of drug-likeness (QED) is 0.825. The zero-order valence-electron chi connectivity index (χ0n) is 13.0. The second-order valence-corrected chi connectivity index (χ2v) is 5.73. The van der Waals surface area contributed by atoms with Crippen LogP contribution in [0.2, 0.25) is 0 Å². The number of nitrogens with one attached hydrogen (secondary N) is 1. The second kappa shape index (κ2) is 8.54. The van der Waals surface area contributed by atoms with Crippen molar-refractivity contribution in [3.8, 4) is 0 Å². The van der Waals surface area contributed by atoms with Crippen LogP contribution in [0.1, 0.15) is 31.2 Å². The number of carbonyl (C=O) groups excluding carboxylic acids is 2. The van der Waals surface area contributed by atoms with E-state index in [0.29, 0.717) is 25.9 Å². The third-order valence-electron chi connectivity index (χ3n) is 4.09. The lowest BCUT2D eigenvalue weighted by atomic mass is 10.0. The van der Waals surface area contributed by atoms with E-state index in [1.807, 2.05) is 35.2 Å². The molecule has 0 bridgehead atoms. The molecule has 1 aromatic rings. The fourth-order valence-electron chi connectivity index (χ4n) is 2.87. The topological polar surface area (TPSA) is 75.4 Å². The summed E-state index contributed by atoms with van der Waals surface area (Å²) in [5.74, 6) is 0.0446. The van der Waals surface area contributed by atoms with Gasteiger partial charge in [-0.05, 0) is 24.8 Å². The summed E-state index contributed by atoms with van der Waals surface area (Å²) in [7, 11) is 0. The summed E-state index contributed by atoms with van der Waals surface area (Å²) in [6.07, 6.45) is 3.87. The number of carbonyl (C=O) groups is 2. The Labute approximate surface area is 131 Å². The molecule has 1 heterocycles. The molecule has 0 aliphatic carbocycles. The molecule has 1 aliphatic heterocycles. The third kappa shape index (κ3) is 4.84. The number of hydrogen-bond acceptors (Lipinski definition) is 3. The van der Waals surface area contributed by atoms with E-state index in [-0.39, 0.29) is 17.9 Å². The zero-order chi connectivity index (χ0) is 15.8. The van der Waals surface area contributed by atoms with Crippen molar-refractivity contribution in [2.24, 2.45) is 5.73 Å². The van der Waals surface area contributed by atoms with Crippen LogP contribution < -0.4 is 11.1 Å². The van der Waals surface area contributed by atoms with Gasteiger partial charge in [0.05, 0.1) is 6.42 Å². The molecule has 1 atom stereocenters. The smallest absolute Gasteiger partial charge is 0.224 e. The van der Waals surface area contributed by atoms with Crippen LogP contribution in [0.25, 0.3) is 0 Å². The van der Waals surface area contributed by atoms with Crippen LogP contribution in [-0.2, 0) is 16.0 Å². The van der Waals surface area contributed by atoms with Gasteiger partial charge in [-0.25, -0.2) is 0 Å². The monoisotopic (exact) mass is 303 g/mol. The molecule has 5 nitrogen and oxygen atoms in total. The summed E-state index contributed by atoms with van der Waals surface area (Å²) >= 11 is 0. The highest BCUT2D eigenvalue weighted by Gasteiger charge is 2.24. The number of piperidine rings is 1. The lowest BCUT2D eigenvalue weighted by Crippen LogP contribution is -2.48. The first kappa shape index (κ1) is 16.5. The van der Waals surface area contributed by atoms with E-state index in [2.05, 4.69) is 5.32 Å². The number of amides is 2. The summed E-state index contributed by atoms with van der Waals surface area (Å²) in [6.45, 7) is 1.70. The molecule has 2 amide bonds. The van der Waals surface area contributed by atoms with Crippen molar-refractivity contribution in [1.29, 1.82) is 0 Å². The lowest BCUT2D eigenvalue weighted by Gasteiger charge is -2.35. The van der Waals surface area contributed by atoms with Crippen LogP contribution in [-0.4, -0.2) is 42.4 Å². The Bertz CT molecular complexity index is 490. The third-order valence-corrected chi connectivity index (χ3v) is 4.09. The van der Waals surface area contributed by atoms with Gasteiger partial charge in [-0.3, -0.25) is 9.59 Å². The van der Waals surface area contributed by atoms with Gasteiger partial charge in [0, 0.05) is 32.1 Å². The normalized spacial score (nSPS) is 18.0. The molecule has 0 radical (unpaired) electrons. The Balaban J connectivity index is 1.71. The van der Waals surface area contributed by atoms with Gasteiger partial charge in [0.25, 0.3) is 0 Å². The van der Waals surface area contributed by atoms with Crippen LogP contribution in [0.3, 0.4) is 0 Å². The van der Waals surface area contributed by atoms with Crippen LogP contribution in [0, 0.1) is 0 Å². The summed E-state index contributed by atoms with van der Waals surface area (Å²) in [6, 6.07) is 9.76. The molecule has 2 rings (SSSR count). The first-order chi connectivity index (χ1) is 10.7.